The second-order valence-electron chi connectivity index (χ2n) is 5.40. The summed E-state index contributed by atoms with van der Waals surface area (Å²) >= 11 is 0. The van der Waals surface area contributed by atoms with Gasteiger partial charge in [0.05, 0.1) is 11.8 Å². The van der Waals surface area contributed by atoms with Crippen molar-refractivity contribution in [2.75, 3.05) is 31.6 Å². The quantitative estimate of drug-likeness (QED) is 0.735. The van der Waals surface area contributed by atoms with Crippen LogP contribution >= 0.6 is 0 Å². The molecule has 0 bridgehead atoms. The predicted molar refractivity (Wildman–Crippen MR) is 76.8 cm³/mol. The Labute approximate surface area is 116 Å². The van der Waals surface area contributed by atoms with Gasteiger partial charge in [0.1, 0.15) is 9.84 Å². The van der Waals surface area contributed by atoms with Gasteiger partial charge in [-0.1, -0.05) is 12.8 Å². The Hall–Kier alpha value is -0.620. The van der Waals surface area contributed by atoms with E-state index >= 15 is 0 Å². The summed E-state index contributed by atoms with van der Waals surface area (Å²) in [6, 6.07) is -0.224. The normalized spacial score (nSPS) is 18.9. The molecular formula is C13H26N2O3S. The van der Waals surface area contributed by atoms with E-state index < -0.39 is 9.84 Å². The number of rotatable bonds is 6. The molecule has 0 aromatic heterocycles. The van der Waals surface area contributed by atoms with Crippen LogP contribution in [-0.2, 0) is 14.6 Å². The molecule has 6 heteroatoms. The molecule has 0 aromatic rings. The van der Waals surface area contributed by atoms with Crippen molar-refractivity contribution in [1.29, 1.82) is 0 Å². The molecule has 1 unspecified atom stereocenters. The van der Waals surface area contributed by atoms with Gasteiger partial charge in [-0.15, -0.1) is 0 Å². The summed E-state index contributed by atoms with van der Waals surface area (Å²) in [5.41, 5.74) is 0. The Morgan fingerprint density at radius 2 is 1.79 bits per heavy atom. The van der Waals surface area contributed by atoms with Gasteiger partial charge in [0.15, 0.2) is 0 Å². The molecule has 1 N–H and O–H groups in total. The minimum absolute atomic E-state index is 0.140. The first-order valence-corrected chi connectivity index (χ1v) is 9.16. The average molecular weight is 290 g/mol. The van der Waals surface area contributed by atoms with Crippen LogP contribution in [0.15, 0.2) is 0 Å². The molecule has 1 heterocycles. The Kier molecular flexibility index (Phi) is 6.79. The van der Waals surface area contributed by atoms with E-state index in [1.807, 2.05) is 11.8 Å². The highest BCUT2D eigenvalue weighted by atomic mass is 32.2. The van der Waals surface area contributed by atoms with Crippen molar-refractivity contribution in [3.63, 3.8) is 0 Å². The van der Waals surface area contributed by atoms with E-state index in [9.17, 15) is 13.2 Å². The van der Waals surface area contributed by atoms with Crippen LogP contribution in [0.2, 0.25) is 0 Å². The highest BCUT2D eigenvalue weighted by Crippen LogP contribution is 2.10. The van der Waals surface area contributed by atoms with Crippen molar-refractivity contribution in [2.45, 2.75) is 45.1 Å². The standard InChI is InChI=1S/C13H26N2O3S/c1-12(14-8-7-11-19(2,17)18)13(16)15-9-5-3-4-6-10-15/h12,14H,3-11H2,1-2H3. The topological polar surface area (TPSA) is 66.5 Å². The zero-order chi connectivity index (χ0) is 14.3. The van der Waals surface area contributed by atoms with Gasteiger partial charge in [0, 0.05) is 19.3 Å². The summed E-state index contributed by atoms with van der Waals surface area (Å²) in [4.78, 5) is 14.1. The summed E-state index contributed by atoms with van der Waals surface area (Å²) in [6.45, 7) is 4.13. The molecule has 5 nitrogen and oxygen atoms in total. The number of nitrogens with one attached hydrogen (secondary N) is 1. The number of nitrogens with zero attached hydrogens (tertiary/aromatic N) is 1. The van der Waals surface area contributed by atoms with Gasteiger partial charge < -0.3 is 10.2 Å². The summed E-state index contributed by atoms with van der Waals surface area (Å²) in [5, 5.41) is 3.12. The lowest BCUT2D eigenvalue weighted by atomic mass is 10.2. The van der Waals surface area contributed by atoms with Gasteiger partial charge >= 0.3 is 0 Å². The minimum atomic E-state index is -2.90. The van der Waals surface area contributed by atoms with Crippen LogP contribution in [0.1, 0.15) is 39.0 Å². The monoisotopic (exact) mass is 290 g/mol. The lowest BCUT2D eigenvalue weighted by Gasteiger charge is -2.24. The van der Waals surface area contributed by atoms with Gasteiger partial charge in [-0.3, -0.25) is 4.79 Å². The van der Waals surface area contributed by atoms with E-state index in [1.165, 1.54) is 19.1 Å². The lowest BCUT2D eigenvalue weighted by Crippen LogP contribution is -2.45. The molecule has 0 saturated carbocycles. The van der Waals surface area contributed by atoms with Crippen molar-refractivity contribution < 1.29 is 13.2 Å². The largest absolute Gasteiger partial charge is 0.341 e. The van der Waals surface area contributed by atoms with Crippen LogP contribution in [-0.4, -0.2) is 56.9 Å². The van der Waals surface area contributed by atoms with E-state index in [-0.39, 0.29) is 17.7 Å². The van der Waals surface area contributed by atoms with Crippen molar-refractivity contribution in [2.24, 2.45) is 0 Å². The van der Waals surface area contributed by atoms with Gasteiger partial charge in [-0.25, -0.2) is 8.42 Å². The number of hydrogen-bond acceptors (Lipinski definition) is 4. The lowest BCUT2D eigenvalue weighted by molar-refractivity contribution is -0.133. The SMILES string of the molecule is CC(NCCCS(C)(=O)=O)C(=O)N1CCCCCC1. The van der Waals surface area contributed by atoms with E-state index in [0.29, 0.717) is 13.0 Å². The number of likely N-dealkylation sites (tertiary alicyclic amines) is 1. The van der Waals surface area contributed by atoms with Crippen molar-refractivity contribution in [3.8, 4) is 0 Å². The molecule has 19 heavy (non-hydrogen) atoms. The van der Waals surface area contributed by atoms with E-state index in [2.05, 4.69) is 5.32 Å². The molecule has 112 valence electrons. The zero-order valence-corrected chi connectivity index (χ0v) is 12.8. The van der Waals surface area contributed by atoms with Crippen LogP contribution in [0.5, 0.6) is 0 Å². The van der Waals surface area contributed by atoms with Crippen molar-refractivity contribution >= 4 is 15.7 Å². The Morgan fingerprint density at radius 3 is 2.32 bits per heavy atom. The maximum atomic E-state index is 12.2. The molecule has 0 aliphatic carbocycles. The minimum Gasteiger partial charge on any atom is -0.341 e. The third kappa shape index (κ3) is 6.92. The van der Waals surface area contributed by atoms with Crippen molar-refractivity contribution in [3.05, 3.63) is 0 Å². The zero-order valence-electron chi connectivity index (χ0n) is 12.0. The van der Waals surface area contributed by atoms with Gasteiger partial charge in [-0.2, -0.15) is 0 Å². The second kappa shape index (κ2) is 7.85. The fourth-order valence-electron chi connectivity index (χ4n) is 2.31. The predicted octanol–water partition coefficient (Wildman–Crippen LogP) is 0.802. The maximum absolute atomic E-state index is 12.2. The van der Waals surface area contributed by atoms with Crippen molar-refractivity contribution in [1.82, 2.24) is 10.2 Å². The number of hydrogen-bond donors (Lipinski definition) is 1. The summed E-state index contributed by atoms with van der Waals surface area (Å²) in [7, 11) is -2.90. The average Bonchev–Trinajstić information content (AvgIpc) is 2.61. The van der Waals surface area contributed by atoms with Crippen LogP contribution in [0.4, 0.5) is 0 Å². The fourth-order valence-corrected chi connectivity index (χ4v) is 2.97. The molecule has 1 fully saturated rings. The smallest absolute Gasteiger partial charge is 0.239 e. The third-order valence-electron chi connectivity index (χ3n) is 3.43. The van der Waals surface area contributed by atoms with E-state index in [4.69, 9.17) is 0 Å². The number of carbonyl (C=O) groups is 1. The summed E-state index contributed by atoms with van der Waals surface area (Å²) < 4.78 is 22.0. The van der Waals surface area contributed by atoms with Crippen LogP contribution in [0, 0.1) is 0 Å². The molecule has 1 aliphatic heterocycles. The van der Waals surface area contributed by atoms with Gasteiger partial charge in [-0.05, 0) is 32.7 Å². The Bertz CT molecular complexity index is 373. The van der Waals surface area contributed by atoms with Gasteiger partial charge in [0.25, 0.3) is 0 Å². The molecule has 1 saturated heterocycles. The fraction of sp³-hybridized carbons (Fsp3) is 0.923. The second-order valence-corrected chi connectivity index (χ2v) is 7.66. The number of amides is 1. The molecule has 1 amide bonds. The summed E-state index contributed by atoms with van der Waals surface area (Å²) in [5.74, 6) is 0.311. The molecule has 1 atom stereocenters. The molecule has 0 aromatic carbocycles. The molecule has 1 rings (SSSR count). The number of carbonyl (C=O) groups excluding carboxylic acids is 1. The van der Waals surface area contributed by atoms with Gasteiger partial charge in [0.2, 0.25) is 5.91 Å². The molecule has 0 radical (unpaired) electrons. The van der Waals surface area contributed by atoms with Crippen LogP contribution < -0.4 is 5.32 Å². The Morgan fingerprint density at radius 1 is 1.21 bits per heavy atom. The maximum Gasteiger partial charge on any atom is 0.239 e. The highest BCUT2D eigenvalue weighted by molar-refractivity contribution is 7.90. The third-order valence-corrected chi connectivity index (χ3v) is 4.46. The van der Waals surface area contributed by atoms with E-state index in [0.717, 1.165) is 25.9 Å². The number of sulfone groups is 1. The summed E-state index contributed by atoms with van der Waals surface area (Å²) in [6.07, 6.45) is 6.38. The molecular weight excluding hydrogens is 264 g/mol. The molecule has 1 aliphatic rings. The van der Waals surface area contributed by atoms with Crippen LogP contribution in [0.3, 0.4) is 0 Å². The molecule has 0 spiro atoms. The van der Waals surface area contributed by atoms with E-state index in [1.54, 1.807) is 0 Å². The first-order chi connectivity index (χ1) is 8.90. The Balaban J connectivity index is 2.27. The first kappa shape index (κ1) is 16.4. The first-order valence-electron chi connectivity index (χ1n) is 7.10. The highest BCUT2D eigenvalue weighted by Gasteiger charge is 2.20. The van der Waals surface area contributed by atoms with Crippen LogP contribution in [0.25, 0.3) is 0 Å².